The largest absolute Gasteiger partial charge is 0.508 e. The first kappa shape index (κ1) is 32.7. The number of phenolic OH excluding ortho intramolecular Hbond substituents is 1. The van der Waals surface area contributed by atoms with Gasteiger partial charge < -0.3 is 36.2 Å². The Morgan fingerprint density at radius 1 is 1.07 bits per heavy atom. The number of aromatic hydroxyl groups is 1. The molecule has 1 aromatic rings. The Morgan fingerprint density at radius 3 is 2.16 bits per heavy atom. The van der Waals surface area contributed by atoms with Crippen LogP contribution in [0, 0.1) is 11.8 Å². The molecule has 0 saturated heterocycles. The summed E-state index contributed by atoms with van der Waals surface area (Å²) >= 11 is 0. The van der Waals surface area contributed by atoms with Gasteiger partial charge in [0.1, 0.15) is 22.8 Å². The molecule has 1 saturated carbocycles. The van der Waals surface area contributed by atoms with E-state index in [1.54, 1.807) is 19.1 Å². The number of primary amides is 1. The van der Waals surface area contributed by atoms with Crippen LogP contribution in [0.3, 0.4) is 0 Å². The fraction of sp³-hybridized carbons (Fsp3) is 0.594. The van der Waals surface area contributed by atoms with Crippen molar-refractivity contribution in [3.63, 3.8) is 0 Å². The van der Waals surface area contributed by atoms with E-state index in [-0.39, 0.29) is 11.3 Å². The molecular formula is C32H45N3O8. The highest BCUT2D eigenvalue weighted by atomic mass is 16.4. The number of fused-ring (bicyclic) bond motifs is 3. The summed E-state index contributed by atoms with van der Waals surface area (Å²) in [7, 11) is 2.96. The number of Topliss-reactive ketones (excluding diaryl/α,β-unsaturated/α-hetero) is 2. The molecule has 1 fully saturated rings. The maximum Gasteiger partial charge on any atom is 0.255 e. The maximum atomic E-state index is 14.2. The van der Waals surface area contributed by atoms with E-state index in [1.165, 1.54) is 19.0 Å². The Labute approximate surface area is 252 Å². The molecule has 0 aliphatic heterocycles. The molecule has 0 unspecified atom stereocenters. The lowest BCUT2D eigenvalue weighted by Gasteiger charge is -2.53. The Balaban J connectivity index is 1.94. The summed E-state index contributed by atoms with van der Waals surface area (Å²) < 4.78 is 0. The number of carbonyl (C=O) groups is 3. The number of benzene rings is 1. The number of amides is 1. The molecule has 6 atom stereocenters. The second-order valence-electron chi connectivity index (χ2n) is 13.1. The monoisotopic (exact) mass is 599 g/mol. The van der Waals surface area contributed by atoms with Crippen LogP contribution in [0.5, 0.6) is 5.75 Å². The smallest absolute Gasteiger partial charge is 0.255 e. The van der Waals surface area contributed by atoms with Crippen LogP contribution >= 0.6 is 0 Å². The van der Waals surface area contributed by atoms with Crippen molar-refractivity contribution in [1.82, 2.24) is 9.80 Å². The molecule has 4 rings (SSSR count). The number of nitrogens with two attached hydrogens (primary N) is 1. The summed E-state index contributed by atoms with van der Waals surface area (Å²) in [5.74, 6) is -8.85. The number of carbonyl (C=O) groups excluding carboxylic acids is 3. The number of rotatable bonds is 9. The van der Waals surface area contributed by atoms with Crippen molar-refractivity contribution in [1.29, 1.82) is 0 Å². The van der Waals surface area contributed by atoms with Crippen LogP contribution in [0.25, 0.3) is 5.76 Å². The normalized spacial score (nSPS) is 29.2. The molecule has 11 nitrogen and oxygen atoms in total. The SMILES string of the molecule is CCCN(CCC)CC(C)(C)c1ccc2c(c1O)C(O)=C1C(=O)[C@]3(O)C(O)=C(C(N)=O)C(=O)[C@@H](N(C)C)[C@@H]3[C@@H](O)[C@@H]1[C@H]2C. The number of hydrogen-bond acceptors (Lipinski definition) is 10. The van der Waals surface area contributed by atoms with Gasteiger partial charge in [-0.3, -0.25) is 19.3 Å². The number of phenols is 1. The van der Waals surface area contributed by atoms with Gasteiger partial charge in [0, 0.05) is 29.0 Å². The topological polar surface area (TPSA) is 185 Å². The van der Waals surface area contributed by atoms with E-state index in [2.05, 4.69) is 18.7 Å². The second kappa shape index (κ2) is 11.4. The minimum atomic E-state index is -2.93. The van der Waals surface area contributed by atoms with Crippen LogP contribution in [0.2, 0.25) is 0 Å². The zero-order valence-corrected chi connectivity index (χ0v) is 26.0. The maximum absolute atomic E-state index is 14.2. The zero-order chi connectivity index (χ0) is 32.3. The Hall–Kier alpha value is -3.25. The van der Waals surface area contributed by atoms with Crippen molar-refractivity contribution < 1.29 is 39.9 Å². The molecule has 3 aliphatic carbocycles. The molecule has 3 aliphatic rings. The molecule has 0 radical (unpaired) electrons. The minimum Gasteiger partial charge on any atom is -0.508 e. The van der Waals surface area contributed by atoms with E-state index in [9.17, 15) is 39.9 Å². The third kappa shape index (κ3) is 4.77. The number of ketones is 2. The average molecular weight is 600 g/mol. The Kier molecular flexibility index (Phi) is 8.62. The van der Waals surface area contributed by atoms with Gasteiger partial charge in [-0.15, -0.1) is 0 Å². The second-order valence-corrected chi connectivity index (χ2v) is 13.1. The predicted molar refractivity (Wildman–Crippen MR) is 160 cm³/mol. The first-order chi connectivity index (χ1) is 20.0. The number of aliphatic hydroxyl groups is 4. The summed E-state index contributed by atoms with van der Waals surface area (Å²) in [6.07, 6.45) is 0.308. The first-order valence-corrected chi connectivity index (χ1v) is 14.9. The molecule has 43 heavy (non-hydrogen) atoms. The van der Waals surface area contributed by atoms with Crippen molar-refractivity contribution in [2.24, 2.45) is 17.6 Å². The Morgan fingerprint density at radius 2 is 1.65 bits per heavy atom. The fourth-order valence-corrected chi connectivity index (χ4v) is 7.71. The molecule has 0 bridgehead atoms. The lowest BCUT2D eigenvalue weighted by atomic mass is 9.54. The number of aliphatic hydroxyl groups excluding tert-OH is 3. The molecule has 7 N–H and O–H groups in total. The highest BCUT2D eigenvalue weighted by molar-refractivity contribution is 6.24. The van der Waals surface area contributed by atoms with Crippen LogP contribution in [0.15, 0.2) is 29.0 Å². The van der Waals surface area contributed by atoms with Crippen molar-refractivity contribution in [3.05, 3.63) is 45.7 Å². The van der Waals surface area contributed by atoms with Gasteiger partial charge >= 0.3 is 0 Å². The average Bonchev–Trinajstić information content (AvgIpc) is 2.90. The van der Waals surface area contributed by atoms with Gasteiger partial charge in [-0.1, -0.05) is 46.8 Å². The van der Waals surface area contributed by atoms with E-state index < -0.39 is 81.1 Å². The summed E-state index contributed by atoms with van der Waals surface area (Å²) in [5.41, 5.74) is 1.62. The summed E-state index contributed by atoms with van der Waals surface area (Å²) in [6, 6.07) is 2.18. The predicted octanol–water partition coefficient (Wildman–Crippen LogP) is 1.90. The van der Waals surface area contributed by atoms with Crippen molar-refractivity contribution in [3.8, 4) is 5.75 Å². The zero-order valence-electron chi connectivity index (χ0n) is 26.0. The summed E-state index contributed by atoms with van der Waals surface area (Å²) in [4.78, 5) is 43.4. The van der Waals surface area contributed by atoms with E-state index in [1.807, 2.05) is 13.8 Å². The molecule has 0 spiro atoms. The molecule has 0 heterocycles. The van der Waals surface area contributed by atoms with E-state index in [0.717, 1.165) is 25.9 Å². The molecule has 236 valence electrons. The van der Waals surface area contributed by atoms with E-state index in [0.29, 0.717) is 17.7 Å². The van der Waals surface area contributed by atoms with Crippen LogP contribution in [-0.4, -0.2) is 104 Å². The number of hydrogen-bond donors (Lipinski definition) is 6. The van der Waals surface area contributed by atoms with Crippen molar-refractivity contribution >= 4 is 23.2 Å². The molecule has 11 heteroatoms. The lowest BCUT2D eigenvalue weighted by molar-refractivity contribution is -0.169. The highest BCUT2D eigenvalue weighted by Gasteiger charge is 2.68. The van der Waals surface area contributed by atoms with Gasteiger partial charge in [0.25, 0.3) is 5.91 Å². The van der Waals surface area contributed by atoms with Gasteiger partial charge in [-0.05, 0) is 51.5 Å². The van der Waals surface area contributed by atoms with E-state index >= 15 is 0 Å². The van der Waals surface area contributed by atoms with Gasteiger partial charge in [0.15, 0.2) is 11.4 Å². The van der Waals surface area contributed by atoms with Crippen LogP contribution in [0.4, 0.5) is 0 Å². The first-order valence-electron chi connectivity index (χ1n) is 14.9. The van der Waals surface area contributed by atoms with Gasteiger partial charge in [0.05, 0.1) is 23.6 Å². The quantitative estimate of drug-likeness (QED) is 0.229. The number of likely N-dealkylation sites (N-methyl/N-ethyl adjacent to an activating group) is 1. The molecular weight excluding hydrogens is 554 g/mol. The molecule has 0 aromatic heterocycles. The van der Waals surface area contributed by atoms with Gasteiger partial charge in [0.2, 0.25) is 5.78 Å². The van der Waals surface area contributed by atoms with Crippen LogP contribution in [-0.2, 0) is 19.8 Å². The summed E-state index contributed by atoms with van der Waals surface area (Å²) in [5, 5.41) is 58.1. The third-order valence-electron chi connectivity index (χ3n) is 9.56. The molecule has 1 aromatic carbocycles. The van der Waals surface area contributed by atoms with Crippen LogP contribution < -0.4 is 5.73 Å². The van der Waals surface area contributed by atoms with Crippen molar-refractivity contribution in [2.75, 3.05) is 33.7 Å². The van der Waals surface area contributed by atoms with E-state index in [4.69, 9.17) is 5.73 Å². The van der Waals surface area contributed by atoms with Gasteiger partial charge in [-0.2, -0.15) is 0 Å². The summed E-state index contributed by atoms with van der Waals surface area (Å²) in [6.45, 7) is 12.3. The fourth-order valence-electron chi connectivity index (χ4n) is 7.71. The highest BCUT2D eigenvalue weighted by Crippen LogP contribution is 2.56. The van der Waals surface area contributed by atoms with Crippen LogP contribution in [0.1, 0.15) is 70.1 Å². The number of nitrogens with zero attached hydrogens (tertiary/aromatic N) is 2. The van der Waals surface area contributed by atoms with Crippen molar-refractivity contribution in [2.45, 2.75) is 76.5 Å². The lowest BCUT2D eigenvalue weighted by Crippen LogP contribution is -2.70. The van der Waals surface area contributed by atoms with Gasteiger partial charge in [-0.25, -0.2) is 0 Å². The molecule has 1 amide bonds. The third-order valence-corrected chi connectivity index (χ3v) is 9.56. The Bertz CT molecular complexity index is 1410. The minimum absolute atomic E-state index is 0.0131. The standard InChI is InChI=1S/C32H45N3O8/c1-8-12-35(13-9-2)14-31(4,5)17-11-10-16-15(3)18-20(25(37)19(16)24(17)36)28(40)32(43)22(26(18)38)23(34(6)7)27(39)21(29(32)41)30(33)42/h10-11,15,18,22-23,26,36-38,41,43H,8-9,12-14H2,1-7H3,(H2,33,42)/t15-,18+,22+,23-,26-,32-/m0/s1.